The number of aliphatic imine (C=N–C) groups is 1. The van der Waals surface area contributed by atoms with Crippen molar-refractivity contribution in [2.45, 2.75) is 31.2 Å². The van der Waals surface area contributed by atoms with Gasteiger partial charge in [0.15, 0.2) is 12.2 Å². The molecule has 26 heavy (non-hydrogen) atoms. The lowest BCUT2D eigenvalue weighted by atomic mass is 10.1. The van der Waals surface area contributed by atoms with Gasteiger partial charge in [-0.05, 0) is 17.7 Å². The van der Waals surface area contributed by atoms with Crippen LogP contribution in [0.25, 0.3) is 0 Å². The van der Waals surface area contributed by atoms with Gasteiger partial charge in [-0.25, -0.2) is 4.98 Å². The second-order valence-electron chi connectivity index (χ2n) is 5.87. The van der Waals surface area contributed by atoms with E-state index in [0.717, 1.165) is 42.2 Å². The molecule has 138 valence electrons. The molecule has 0 bridgehead atoms. The van der Waals surface area contributed by atoms with Gasteiger partial charge < -0.3 is 21.5 Å². The standard InChI is InChI=1S/C18H23N5OS2/c19-17(20)23-18-22-14(12-26-18)11-25-9-8-16-21-10-15(24-16)7-6-13-4-2-1-3-5-13/h1-5,10,12,16,21H,6-9,11H2,(H4,19,20,22,23). The molecule has 0 saturated carbocycles. The number of ether oxygens (including phenoxy) is 1. The zero-order valence-electron chi connectivity index (χ0n) is 14.4. The quantitative estimate of drug-likeness (QED) is 0.346. The lowest BCUT2D eigenvalue weighted by Crippen LogP contribution is -2.21. The molecule has 1 aromatic carbocycles. The second-order valence-corrected chi connectivity index (χ2v) is 7.81. The van der Waals surface area contributed by atoms with E-state index in [1.807, 2.05) is 29.4 Å². The van der Waals surface area contributed by atoms with Gasteiger partial charge in [0.1, 0.15) is 5.76 Å². The van der Waals surface area contributed by atoms with Crippen molar-refractivity contribution in [2.75, 3.05) is 5.75 Å². The van der Waals surface area contributed by atoms with E-state index in [4.69, 9.17) is 16.2 Å². The number of thioether (sulfide) groups is 1. The van der Waals surface area contributed by atoms with Crippen LogP contribution in [0.5, 0.6) is 0 Å². The fraction of sp³-hybridized carbons (Fsp3) is 0.333. The largest absolute Gasteiger partial charge is 0.474 e. The highest BCUT2D eigenvalue weighted by molar-refractivity contribution is 7.98. The van der Waals surface area contributed by atoms with Gasteiger partial charge in [-0.3, -0.25) is 0 Å². The van der Waals surface area contributed by atoms with E-state index in [-0.39, 0.29) is 12.2 Å². The van der Waals surface area contributed by atoms with Crippen LogP contribution in [0.1, 0.15) is 24.1 Å². The van der Waals surface area contributed by atoms with Crippen molar-refractivity contribution in [1.82, 2.24) is 10.3 Å². The summed E-state index contributed by atoms with van der Waals surface area (Å²) >= 11 is 3.27. The van der Waals surface area contributed by atoms with Crippen molar-refractivity contribution < 1.29 is 4.74 Å². The summed E-state index contributed by atoms with van der Waals surface area (Å²) < 4.78 is 5.96. The Hall–Kier alpha value is -2.19. The zero-order chi connectivity index (χ0) is 18.2. The summed E-state index contributed by atoms with van der Waals surface area (Å²) in [6.45, 7) is 0. The van der Waals surface area contributed by atoms with Crippen molar-refractivity contribution in [3.8, 4) is 0 Å². The van der Waals surface area contributed by atoms with E-state index in [1.54, 1.807) is 0 Å². The monoisotopic (exact) mass is 389 g/mol. The average molecular weight is 390 g/mol. The molecule has 8 heteroatoms. The molecule has 3 rings (SSSR count). The number of guanidine groups is 1. The number of hydrogen-bond acceptors (Lipinski definition) is 6. The molecule has 0 aliphatic carbocycles. The molecule has 1 unspecified atom stereocenters. The van der Waals surface area contributed by atoms with E-state index in [2.05, 4.69) is 39.6 Å². The summed E-state index contributed by atoms with van der Waals surface area (Å²) in [5.74, 6) is 2.91. The van der Waals surface area contributed by atoms with Crippen molar-refractivity contribution >= 4 is 34.2 Å². The number of allylic oxidation sites excluding steroid dienone is 1. The van der Waals surface area contributed by atoms with Gasteiger partial charge in [-0.15, -0.1) is 11.3 Å². The van der Waals surface area contributed by atoms with Crippen LogP contribution in [0.15, 0.2) is 52.7 Å². The van der Waals surface area contributed by atoms with Gasteiger partial charge in [-0.1, -0.05) is 30.3 Å². The van der Waals surface area contributed by atoms with E-state index in [1.165, 1.54) is 16.9 Å². The van der Waals surface area contributed by atoms with Gasteiger partial charge in [0.05, 0.1) is 5.69 Å². The Bertz CT molecular complexity index is 756. The summed E-state index contributed by atoms with van der Waals surface area (Å²) in [5.41, 5.74) is 13.0. The lowest BCUT2D eigenvalue weighted by molar-refractivity contribution is 0.119. The number of nitrogens with one attached hydrogen (secondary N) is 1. The fourth-order valence-corrected chi connectivity index (χ4v) is 4.21. The molecule has 2 aromatic rings. The highest BCUT2D eigenvalue weighted by Gasteiger charge is 2.16. The van der Waals surface area contributed by atoms with Crippen LogP contribution in [0.4, 0.5) is 5.13 Å². The molecule has 2 heterocycles. The number of benzene rings is 1. The van der Waals surface area contributed by atoms with Crippen LogP contribution < -0.4 is 16.8 Å². The topological polar surface area (TPSA) is 98.6 Å². The molecule has 5 N–H and O–H groups in total. The number of rotatable bonds is 9. The maximum absolute atomic E-state index is 5.96. The van der Waals surface area contributed by atoms with E-state index < -0.39 is 0 Å². The number of thiazole rings is 1. The van der Waals surface area contributed by atoms with Crippen molar-refractivity contribution in [3.05, 3.63) is 58.9 Å². The third kappa shape index (κ3) is 5.96. The van der Waals surface area contributed by atoms with E-state index >= 15 is 0 Å². The van der Waals surface area contributed by atoms with Gasteiger partial charge in [0.2, 0.25) is 5.13 Å². The maximum atomic E-state index is 5.96. The van der Waals surface area contributed by atoms with Crippen LogP contribution in [0.3, 0.4) is 0 Å². The third-order valence-electron chi connectivity index (χ3n) is 3.77. The Morgan fingerprint density at radius 1 is 1.27 bits per heavy atom. The van der Waals surface area contributed by atoms with Crippen LogP contribution in [-0.4, -0.2) is 22.9 Å². The second kappa shape index (κ2) is 9.49. The molecule has 0 fully saturated rings. The first-order valence-electron chi connectivity index (χ1n) is 8.46. The first kappa shape index (κ1) is 18.6. The molecule has 0 radical (unpaired) electrons. The molecule has 0 spiro atoms. The smallest absolute Gasteiger partial charge is 0.212 e. The average Bonchev–Trinajstić information content (AvgIpc) is 3.27. The number of nitrogens with two attached hydrogens (primary N) is 2. The maximum Gasteiger partial charge on any atom is 0.212 e. The Morgan fingerprint density at radius 2 is 2.12 bits per heavy atom. The minimum absolute atomic E-state index is 0.0404. The SMILES string of the molecule is NC(N)=Nc1nc(CSCCC2NC=C(CCc3ccccc3)O2)cs1. The van der Waals surface area contributed by atoms with Crippen molar-refractivity contribution in [1.29, 1.82) is 0 Å². The van der Waals surface area contributed by atoms with Crippen LogP contribution >= 0.6 is 23.1 Å². The minimum Gasteiger partial charge on any atom is -0.474 e. The lowest BCUT2D eigenvalue weighted by Gasteiger charge is -2.13. The number of aromatic nitrogens is 1. The molecule has 6 nitrogen and oxygen atoms in total. The highest BCUT2D eigenvalue weighted by Crippen LogP contribution is 2.23. The Balaban J connectivity index is 1.30. The Labute approximate surface area is 161 Å². The summed E-state index contributed by atoms with van der Waals surface area (Å²) in [7, 11) is 0. The highest BCUT2D eigenvalue weighted by atomic mass is 32.2. The Morgan fingerprint density at radius 3 is 2.92 bits per heavy atom. The van der Waals surface area contributed by atoms with E-state index in [9.17, 15) is 0 Å². The molecule has 0 amide bonds. The molecule has 1 aromatic heterocycles. The molecular formula is C18H23N5OS2. The number of aryl methyl sites for hydroxylation is 1. The van der Waals surface area contributed by atoms with E-state index in [0.29, 0.717) is 5.13 Å². The molecular weight excluding hydrogens is 366 g/mol. The molecule has 1 aliphatic heterocycles. The van der Waals surface area contributed by atoms with Gasteiger partial charge in [-0.2, -0.15) is 16.8 Å². The van der Waals surface area contributed by atoms with Gasteiger partial charge in [0.25, 0.3) is 0 Å². The van der Waals surface area contributed by atoms with Gasteiger partial charge in [0, 0.05) is 30.2 Å². The van der Waals surface area contributed by atoms with Crippen molar-refractivity contribution in [2.24, 2.45) is 16.5 Å². The number of nitrogens with zero attached hydrogens (tertiary/aromatic N) is 2. The number of hydrogen-bond donors (Lipinski definition) is 3. The van der Waals surface area contributed by atoms with Crippen LogP contribution in [-0.2, 0) is 16.9 Å². The summed E-state index contributed by atoms with van der Waals surface area (Å²) in [6.07, 6.45) is 4.94. The minimum atomic E-state index is 0.0404. The predicted molar refractivity (Wildman–Crippen MR) is 109 cm³/mol. The summed E-state index contributed by atoms with van der Waals surface area (Å²) in [6, 6.07) is 10.5. The predicted octanol–water partition coefficient (Wildman–Crippen LogP) is 3.09. The molecule has 1 atom stereocenters. The van der Waals surface area contributed by atoms with Gasteiger partial charge >= 0.3 is 0 Å². The first-order valence-corrected chi connectivity index (χ1v) is 10.5. The fourth-order valence-electron chi connectivity index (χ4n) is 2.51. The van der Waals surface area contributed by atoms with Crippen molar-refractivity contribution in [3.63, 3.8) is 0 Å². The zero-order valence-corrected chi connectivity index (χ0v) is 16.1. The third-order valence-corrected chi connectivity index (χ3v) is 5.57. The Kier molecular flexibility index (Phi) is 6.79. The van der Waals surface area contributed by atoms with Crippen LogP contribution in [0, 0.1) is 0 Å². The molecule has 1 aliphatic rings. The molecule has 0 saturated heterocycles. The summed E-state index contributed by atoms with van der Waals surface area (Å²) in [5, 5.41) is 5.90. The normalized spacial score (nSPS) is 15.8. The van der Waals surface area contributed by atoms with Crippen LogP contribution in [0.2, 0.25) is 0 Å². The summed E-state index contributed by atoms with van der Waals surface area (Å²) in [4.78, 5) is 8.33. The first-order chi connectivity index (χ1) is 12.7.